The summed E-state index contributed by atoms with van der Waals surface area (Å²) in [6, 6.07) is 0. The van der Waals surface area contributed by atoms with E-state index in [1.165, 1.54) is 12.8 Å². The van der Waals surface area contributed by atoms with Crippen LogP contribution in [0.3, 0.4) is 0 Å². The van der Waals surface area contributed by atoms with Gasteiger partial charge in [0.05, 0.1) is 0 Å². The van der Waals surface area contributed by atoms with E-state index in [2.05, 4.69) is 13.2 Å². The summed E-state index contributed by atoms with van der Waals surface area (Å²) in [6.45, 7) is 7.43. The molecule has 0 unspecified atom stereocenters. The monoisotopic (exact) mass is 108 g/mol. The van der Waals surface area contributed by atoms with Crippen molar-refractivity contribution >= 4 is 0 Å². The summed E-state index contributed by atoms with van der Waals surface area (Å²) in [5.41, 5.74) is 0. The lowest BCUT2D eigenvalue weighted by Crippen LogP contribution is -2.19. The molecule has 0 saturated heterocycles. The second kappa shape index (κ2) is 2.17. The van der Waals surface area contributed by atoms with Gasteiger partial charge in [0.1, 0.15) is 0 Å². The minimum absolute atomic E-state index is 0.790. The molecule has 0 aromatic heterocycles. The van der Waals surface area contributed by atoms with E-state index >= 15 is 0 Å². The van der Waals surface area contributed by atoms with Gasteiger partial charge in [-0.25, -0.2) is 0 Å². The van der Waals surface area contributed by atoms with Crippen LogP contribution in [0.15, 0.2) is 25.3 Å². The Hall–Kier alpha value is -0.520. The zero-order valence-corrected chi connectivity index (χ0v) is 5.14. The predicted molar refractivity (Wildman–Crippen MR) is 36.6 cm³/mol. The Labute approximate surface area is 50.9 Å². The van der Waals surface area contributed by atoms with Crippen LogP contribution < -0.4 is 0 Å². The van der Waals surface area contributed by atoms with Gasteiger partial charge in [-0.1, -0.05) is 12.2 Å². The highest BCUT2D eigenvalue weighted by Crippen LogP contribution is 2.34. The largest absolute Gasteiger partial charge is 0.103 e. The van der Waals surface area contributed by atoms with Crippen LogP contribution in [0.2, 0.25) is 0 Å². The molecule has 44 valence electrons. The molecule has 1 rings (SSSR count). The van der Waals surface area contributed by atoms with Gasteiger partial charge >= 0.3 is 0 Å². The minimum atomic E-state index is 0.790. The van der Waals surface area contributed by atoms with Crippen molar-refractivity contribution in [3.05, 3.63) is 25.3 Å². The van der Waals surface area contributed by atoms with Crippen LogP contribution in [0.1, 0.15) is 12.8 Å². The summed E-state index contributed by atoms with van der Waals surface area (Å²) in [7, 11) is 0. The molecule has 0 spiro atoms. The Kier molecular flexibility index (Phi) is 1.52. The van der Waals surface area contributed by atoms with Crippen LogP contribution >= 0.6 is 0 Å². The van der Waals surface area contributed by atoms with Crippen LogP contribution in [-0.4, -0.2) is 0 Å². The lowest BCUT2D eigenvalue weighted by atomic mass is 9.75. The van der Waals surface area contributed by atoms with Crippen LogP contribution in [0.25, 0.3) is 0 Å². The summed E-state index contributed by atoms with van der Waals surface area (Å²) >= 11 is 0. The van der Waals surface area contributed by atoms with E-state index in [4.69, 9.17) is 0 Å². The normalized spacial score (nSPS) is 35.5. The van der Waals surface area contributed by atoms with Gasteiger partial charge < -0.3 is 0 Å². The molecule has 1 saturated carbocycles. The van der Waals surface area contributed by atoms with Crippen molar-refractivity contribution in [2.75, 3.05) is 0 Å². The van der Waals surface area contributed by atoms with Gasteiger partial charge in [-0.05, 0) is 24.7 Å². The average Bonchev–Trinajstić information content (AvgIpc) is 1.65. The summed E-state index contributed by atoms with van der Waals surface area (Å²) in [4.78, 5) is 0. The van der Waals surface area contributed by atoms with E-state index in [0.717, 1.165) is 11.8 Å². The van der Waals surface area contributed by atoms with Gasteiger partial charge in [-0.2, -0.15) is 0 Å². The first kappa shape index (κ1) is 5.61. The highest BCUT2D eigenvalue weighted by atomic mass is 14.3. The molecule has 0 heteroatoms. The molecule has 0 N–H and O–H groups in total. The Bertz CT molecular complexity index is 84.6. The van der Waals surface area contributed by atoms with E-state index in [9.17, 15) is 0 Å². The molecule has 0 aliphatic heterocycles. The lowest BCUT2D eigenvalue weighted by Gasteiger charge is -2.30. The molecular weight excluding hydrogens is 96.1 g/mol. The van der Waals surface area contributed by atoms with E-state index in [-0.39, 0.29) is 0 Å². The quantitative estimate of drug-likeness (QED) is 0.476. The fourth-order valence-corrected chi connectivity index (χ4v) is 1.09. The molecule has 0 aromatic rings. The molecule has 0 heterocycles. The SMILES string of the molecule is C=CC1CC(C=C)C1. The first-order valence-electron chi connectivity index (χ1n) is 3.12. The summed E-state index contributed by atoms with van der Waals surface area (Å²) < 4.78 is 0. The Morgan fingerprint density at radius 3 is 1.62 bits per heavy atom. The maximum Gasteiger partial charge on any atom is -0.0225 e. The second-order valence-electron chi connectivity index (χ2n) is 2.46. The maximum atomic E-state index is 3.72. The van der Waals surface area contributed by atoms with Gasteiger partial charge in [-0.3, -0.25) is 0 Å². The molecule has 0 amide bonds. The molecule has 0 radical (unpaired) electrons. The van der Waals surface area contributed by atoms with Crippen molar-refractivity contribution < 1.29 is 0 Å². The molecule has 1 fully saturated rings. The second-order valence-corrected chi connectivity index (χ2v) is 2.46. The van der Waals surface area contributed by atoms with Crippen LogP contribution in [0.4, 0.5) is 0 Å². The Balaban J connectivity index is 2.20. The van der Waals surface area contributed by atoms with E-state index < -0.39 is 0 Å². The molecule has 1 aliphatic rings. The van der Waals surface area contributed by atoms with Crippen LogP contribution in [0.5, 0.6) is 0 Å². The predicted octanol–water partition coefficient (Wildman–Crippen LogP) is 2.38. The summed E-state index contributed by atoms with van der Waals surface area (Å²) in [5, 5.41) is 0. The Morgan fingerprint density at radius 1 is 1.00 bits per heavy atom. The number of hydrogen-bond acceptors (Lipinski definition) is 0. The molecule has 0 aromatic carbocycles. The molecule has 0 nitrogen and oxygen atoms in total. The topological polar surface area (TPSA) is 0 Å². The van der Waals surface area contributed by atoms with Gasteiger partial charge in [0.2, 0.25) is 0 Å². The fraction of sp³-hybridized carbons (Fsp3) is 0.500. The van der Waals surface area contributed by atoms with Crippen molar-refractivity contribution in [1.29, 1.82) is 0 Å². The van der Waals surface area contributed by atoms with Gasteiger partial charge in [0.15, 0.2) is 0 Å². The third kappa shape index (κ3) is 0.835. The highest BCUT2D eigenvalue weighted by Gasteiger charge is 2.23. The average molecular weight is 108 g/mol. The standard InChI is InChI=1S/C8H12/c1-3-7-5-8(4-2)6-7/h3-4,7-8H,1-2,5-6H2. The zero-order chi connectivity index (χ0) is 5.98. The van der Waals surface area contributed by atoms with Gasteiger partial charge in [0, 0.05) is 0 Å². The van der Waals surface area contributed by atoms with E-state index in [1.807, 2.05) is 12.2 Å². The van der Waals surface area contributed by atoms with Crippen LogP contribution in [0, 0.1) is 11.8 Å². The van der Waals surface area contributed by atoms with Crippen molar-refractivity contribution in [2.24, 2.45) is 11.8 Å². The summed E-state index contributed by atoms with van der Waals surface area (Å²) in [5.74, 6) is 1.58. The smallest absolute Gasteiger partial charge is 0.0225 e. The molecule has 0 atom stereocenters. The van der Waals surface area contributed by atoms with Crippen molar-refractivity contribution in [1.82, 2.24) is 0 Å². The van der Waals surface area contributed by atoms with Gasteiger partial charge in [0.25, 0.3) is 0 Å². The highest BCUT2D eigenvalue weighted by molar-refractivity contribution is 4.97. The van der Waals surface area contributed by atoms with Crippen molar-refractivity contribution in [3.8, 4) is 0 Å². The molecular formula is C8H12. The minimum Gasteiger partial charge on any atom is -0.103 e. The number of rotatable bonds is 2. The van der Waals surface area contributed by atoms with Gasteiger partial charge in [-0.15, -0.1) is 13.2 Å². The number of hydrogen-bond donors (Lipinski definition) is 0. The maximum absolute atomic E-state index is 3.72. The Morgan fingerprint density at radius 2 is 1.38 bits per heavy atom. The first-order chi connectivity index (χ1) is 3.86. The van der Waals surface area contributed by atoms with Crippen molar-refractivity contribution in [3.63, 3.8) is 0 Å². The zero-order valence-electron chi connectivity index (χ0n) is 5.14. The fourth-order valence-electron chi connectivity index (χ4n) is 1.09. The molecule has 0 bridgehead atoms. The summed E-state index contributed by atoms with van der Waals surface area (Å²) in [6.07, 6.45) is 6.65. The molecule has 8 heavy (non-hydrogen) atoms. The molecule has 1 aliphatic carbocycles. The third-order valence-corrected chi connectivity index (χ3v) is 1.88. The van der Waals surface area contributed by atoms with E-state index in [1.54, 1.807) is 0 Å². The van der Waals surface area contributed by atoms with Crippen LogP contribution in [-0.2, 0) is 0 Å². The lowest BCUT2D eigenvalue weighted by molar-refractivity contribution is 0.296. The van der Waals surface area contributed by atoms with E-state index in [0.29, 0.717) is 0 Å². The van der Waals surface area contributed by atoms with Crippen molar-refractivity contribution in [2.45, 2.75) is 12.8 Å². The first-order valence-corrected chi connectivity index (χ1v) is 3.12. The third-order valence-electron chi connectivity index (χ3n) is 1.88. The number of allylic oxidation sites excluding steroid dienone is 2.